The van der Waals surface area contributed by atoms with Crippen molar-refractivity contribution in [2.45, 2.75) is 13.8 Å². The van der Waals surface area contributed by atoms with E-state index in [1.165, 1.54) is 13.0 Å². The van der Waals surface area contributed by atoms with Gasteiger partial charge in [0.05, 0.1) is 0 Å². The number of ketones is 2. The monoisotopic (exact) mass is 281 g/mol. The SMILES string of the molecule is CC(=O)Nc1cccc(C(=O)C(=O)c2ccc(C)cc2)c1. The quantitative estimate of drug-likeness (QED) is 0.692. The van der Waals surface area contributed by atoms with Crippen LogP contribution in [-0.2, 0) is 4.79 Å². The Morgan fingerprint density at radius 1 is 0.857 bits per heavy atom. The molecule has 1 N–H and O–H groups in total. The lowest BCUT2D eigenvalue weighted by Crippen LogP contribution is -2.15. The molecule has 0 saturated heterocycles. The van der Waals surface area contributed by atoms with Crippen molar-refractivity contribution >= 4 is 23.2 Å². The molecule has 2 aromatic rings. The number of benzene rings is 2. The summed E-state index contributed by atoms with van der Waals surface area (Å²) in [6.45, 7) is 3.29. The van der Waals surface area contributed by atoms with E-state index in [0.29, 0.717) is 11.3 Å². The topological polar surface area (TPSA) is 63.2 Å². The molecule has 1 amide bonds. The molecule has 0 radical (unpaired) electrons. The minimum absolute atomic E-state index is 0.232. The van der Waals surface area contributed by atoms with Crippen LogP contribution in [0.15, 0.2) is 48.5 Å². The highest BCUT2D eigenvalue weighted by atomic mass is 16.2. The maximum absolute atomic E-state index is 12.2. The molecule has 0 aromatic heterocycles. The van der Waals surface area contributed by atoms with Gasteiger partial charge in [0, 0.05) is 23.7 Å². The zero-order valence-electron chi connectivity index (χ0n) is 11.8. The van der Waals surface area contributed by atoms with Crippen molar-refractivity contribution in [3.05, 3.63) is 65.2 Å². The van der Waals surface area contributed by atoms with E-state index in [0.717, 1.165) is 5.56 Å². The van der Waals surface area contributed by atoms with Crippen LogP contribution in [0, 0.1) is 6.92 Å². The molecule has 4 heteroatoms. The van der Waals surface area contributed by atoms with Crippen molar-refractivity contribution < 1.29 is 14.4 Å². The summed E-state index contributed by atoms with van der Waals surface area (Å²) in [5.41, 5.74) is 2.12. The second kappa shape index (κ2) is 6.13. The molecule has 2 rings (SSSR count). The highest BCUT2D eigenvalue weighted by Gasteiger charge is 2.18. The molecule has 0 spiro atoms. The molecule has 0 fully saturated rings. The third kappa shape index (κ3) is 3.63. The van der Waals surface area contributed by atoms with Gasteiger partial charge < -0.3 is 5.32 Å². The Bertz CT molecular complexity index is 702. The first-order chi connectivity index (χ1) is 9.97. The van der Waals surface area contributed by atoms with Gasteiger partial charge in [0.1, 0.15) is 0 Å². The number of carbonyl (C=O) groups excluding carboxylic acids is 3. The number of rotatable bonds is 4. The molecule has 0 aliphatic carbocycles. The van der Waals surface area contributed by atoms with E-state index >= 15 is 0 Å². The van der Waals surface area contributed by atoms with Crippen LogP contribution < -0.4 is 5.32 Å². The first-order valence-electron chi connectivity index (χ1n) is 6.51. The van der Waals surface area contributed by atoms with Gasteiger partial charge in [0.25, 0.3) is 0 Å². The molecule has 0 saturated carbocycles. The Balaban J connectivity index is 2.25. The van der Waals surface area contributed by atoms with Crippen LogP contribution in [0.25, 0.3) is 0 Å². The highest BCUT2D eigenvalue weighted by Crippen LogP contribution is 2.14. The standard InChI is InChI=1S/C17H15NO3/c1-11-6-8-13(9-7-11)16(20)17(21)14-4-3-5-15(10-14)18-12(2)19/h3-10H,1-2H3,(H,18,19). The fourth-order valence-corrected chi connectivity index (χ4v) is 1.91. The van der Waals surface area contributed by atoms with Gasteiger partial charge in [-0.05, 0) is 19.1 Å². The average Bonchev–Trinajstić information content (AvgIpc) is 2.46. The number of nitrogens with one attached hydrogen (secondary N) is 1. The molecule has 0 atom stereocenters. The smallest absolute Gasteiger partial charge is 0.233 e. The fraction of sp³-hybridized carbons (Fsp3) is 0.118. The zero-order chi connectivity index (χ0) is 15.4. The summed E-state index contributed by atoms with van der Waals surface area (Å²) in [7, 11) is 0. The third-order valence-corrected chi connectivity index (χ3v) is 2.97. The number of anilines is 1. The zero-order valence-corrected chi connectivity index (χ0v) is 11.8. The van der Waals surface area contributed by atoms with Gasteiger partial charge in [0.2, 0.25) is 17.5 Å². The Morgan fingerprint density at radius 2 is 1.48 bits per heavy atom. The van der Waals surface area contributed by atoms with Crippen LogP contribution in [0.5, 0.6) is 0 Å². The maximum Gasteiger partial charge on any atom is 0.233 e. The van der Waals surface area contributed by atoms with Gasteiger partial charge in [0.15, 0.2) is 0 Å². The van der Waals surface area contributed by atoms with Crippen LogP contribution in [-0.4, -0.2) is 17.5 Å². The molecular formula is C17H15NO3. The van der Waals surface area contributed by atoms with Crippen LogP contribution in [0.2, 0.25) is 0 Å². The Hall–Kier alpha value is -2.75. The first kappa shape index (κ1) is 14.7. The largest absolute Gasteiger partial charge is 0.326 e. The summed E-state index contributed by atoms with van der Waals surface area (Å²) in [5.74, 6) is -1.38. The van der Waals surface area contributed by atoms with E-state index in [2.05, 4.69) is 5.32 Å². The number of amides is 1. The second-order valence-corrected chi connectivity index (χ2v) is 4.79. The van der Waals surface area contributed by atoms with Gasteiger partial charge in [-0.25, -0.2) is 0 Å². The molecular weight excluding hydrogens is 266 g/mol. The Morgan fingerprint density at radius 3 is 2.10 bits per heavy atom. The van der Waals surface area contributed by atoms with Crippen molar-refractivity contribution in [2.24, 2.45) is 0 Å². The van der Waals surface area contributed by atoms with E-state index in [1.54, 1.807) is 42.5 Å². The van der Waals surface area contributed by atoms with Crippen LogP contribution in [0.4, 0.5) is 5.69 Å². The molecule has 0 heterocycles. The Kier molecular flexibility index (Phi) is 4.28. The number of carbonyl (C=O) groups is 3. The first-order valence-corrected chi connectivity index (χ1v) is 6.51. The summed E-state index contributed by atoms with van der Waals surface area (Å²) in [6, 6.07) is 13.2. The minimum Gasteiger partial charge on any atom is -0.326 e. The summed E-state index contributed by atoms with van der Waals surface area (Å²) in [6.07, 6.45) is 0. The van der Waals surface area contributed by atoms with Gasteiger partial charge in [-0.15, -0.1) is 0 Å². The molecule has 21 heavy (non-hydrogen) atoms. The van der Waals surface area contributed by atoms with Crippen molar-refractivity contribution in [1.29, 1.82) is 0 Å². The van der Waals surface area contributed by atoms with E-state index < -0.39 is 11.6 Å². The van der Waals surface area contributed by atoms with Crippen molar-refractivity contribution in [3.8, 4) is 0 Å². The summed E-state index contributed by atoms with van der Waals surface area (Å²) < 4.78 is 0. The summed E-state index contributed by atoms with van der Waals surface area (Å²) in [4.78, 5) is 35.4. The maximum atomic E-state index is 12.2. The van der Waals surface area contributed by atoms with Gasteiger partial charge in [-0.2, -0.15) is 0 Å². The van der Waals surface area contributed by atoms with Crippen molar-refractivity contribution in [3.63, 3.8) is 0 Å². The summed E-state index contributed by atoms with van der Waals surface area (Å²) in [5, 5.41) is 2.58. The fourth-order valence-electron chi connectivity index (χ4n) is 1.91. The molecule has 0 bridgehead atoms. The lowest BCUT2D eigenvalue weighted by Gasteiger charge is -2.05. The van der Waals surface area contributed by atoms with Crippen molar-refractivity contribution in [2.75, 3.05) is 5.32 Å². The molecule has 0 aliphatic heterocycles. The second-order valence-electron chi connectivity index (χ2n) is 4.79. The molecule has 0 unspecified atom stereocenters. The molecule has 0 aliphatic rings. The summed E-state index contributed by atoms with van der Waals surface area (Å²) >= 11 is 0. The number of hydrogen-bond donors (Lipinski definition) is 1. The molecule has 106 valence electrons. The molecule has 2 aromatic carbocycles. The van der Waals surface area contributed by atoms with Crippen molar-refractivity contribution in [1.82, 2.24) is 0 Å². The van der Waals surface area contributed by atoms with Crippen LogP contribution in [0.1, 0.15) is 33.2 Å². The number of aryl methyl sites for hydroxylation is 1. The predicted octanol–water partition coefficient (Wildman–Crippen LogP) is 3.02. The average molecular weight is 281 g/mol. The van der Waals surface area contributed by atoms with E-state index in [-0.39, 0.29) is 11.5 Å². The normalized spacial score (nSPS) is 10.0. The van der Waals surface area contributed by atoms with E-state index in [4.69, 9.17) is 0 Å². The van der Waals surface area contributed by atoms with Gasteiger partial charge >= 0.3 is 0 Å². The van der Waals surface area contributed by atoms with Crippen LogP contribution >= 0.6 is 0 Å². The lowest BCUT2D eigenvalue weighted by molar-refractivity contribution is -0.114. The van der Waals surface area contributed by atoms with Gasteiger partial charge in [-0.1, -0.05) is 42.0 Å². The lowest BCUT2D eigenvalue weighted by atomic mass is 10.0. The Labute approximate surface area is 122 Å². The third-order valence-electron chi connectivity index (χ3n) is 2.97. The van der Waals surface area contributed by atoms with E-state index in [9.17, 15) is 14.4 Å². The molecule has 4 nitrogen and oxygen atoms in total. The van der Waals surface area contributed by atoms with E-state index in [1.807, 2.05) is 6.92 Å². The number of Topliss-reactive ketones (excluding diaryl/α,β-unsaturated/α-hetero) is 2. The van der Waals surface area contributed by atoms with Gasteiger partial charge in [-0.3, -0.25) is 14.4 Å². The predicted molar refractivity (Wildman–Crippen MR) is 80.6 cm³/mol. The highest BCUT2D eigenvalue weighted by molar-refractivity contribution is 6.49. The minimum atomic E-state index is -0.592. The number of hydrogen-bond acceptors (Lipinski definition) is 3. The van der Waals surface area contributed by atoms with Crippen LogP contribution in [0.3, 0.4) is 0 Å².